The maximum absolute atomic E-state index is 12.5. The van der Waals surface area contributed by atoms with Crippen LogP contribution in [0.1, 0.15) is 12.5 Å². The van der Waals surface area contributed by atoms with Crippen LogP contribution in [0.2, 0.25) is 0 Å². The lowest BCUT2D eigenvalue weighted by molar-refractivity contribution is -0.115. The highest BCUT2D eigenvalue weighted by molar-refractivity contribution is 8.00. The molecule has 0 aliphatic heterocycles. The zero-order chi connectivity index (χ0) is 19.6. The number of nitrogens with zero attached hydrogens (tertiary/aromatic N) is 3. The fraction of sp³-hybridized carbons (Fsp3) is 0.211. The average molecular weight is 383 g/mol. The van der Waals surface area contributed by atoms with Gasteiger partial charge in [-0.15, -0.1) is 10.2 Å². The second kappa shape index (κ2) is 7.71. The van der Waals surface area contributed by atoms with Gasteiger partial charge in [0.2, 0.25) is 5.91 Å². The lowest BCUT2D eigenvalue weighted by atomic mass is 10.2. The summed E-state index contributed by atoms with van der Waals surface area (Å²) in [6, 6.07) is 12.2. The van der Waals surface area contributed by atoms with E-state index in [0.29, 0.717) is 22.4 Å². The Morgan fingerprint density at radius 1 is 1.22 bits per heavy atom. The van der Waals surface area contributed by atoms with Crippen LogP contribution in [0.25, 0.3) is 11.4 Å². The van der Waals surface area contributed by atoms with Crippen LogP contribution in [0.4, 0.5) is 11.4 Å². The molecule has 0 bridgehead atoms. The Bertz CT molecular complexity index is 969. The number of aryl methyl sites for hydroxylation is 1. The van der Waals surface area contributed by atoms with Crippen LogP contribution in [0.3, 0.4) is 0 Å². The van der Waals surface area contributed by atoms with Crippen molar-refractivity contribution in [1.82, 2.24) is 14.8 Å². The number of phenolic OH excluding ortho intramolecular Hbond substituents is 1. The van der Waals surface area contributed by atoms with E-state index in [1.54, 1.807) is 36.4 Å². The quantitative estimate of drug-likeness (QED) is 0.461. The van der Waals surface area contributed by atoms with E-state index in [1.807, 2.05) is 31.5 Å². The number of rotatable bonds is 5. The van der Waals surface area contributed by atoms with E-state index >= 15 is 0 Å². The van der Waals surface area contributed by atoms with Crippen LogP contribution in [0, 0.1) is 6.92 Å². The van der Waals surface area contributed by atoms with Crippen molar-refractivity contribution in [2.24, 2.45) is 7.05 Å². The summed E-state index contributed by atoms with van der Waals surface area (Å²) in [6.45, 7) is 3.73. The minimum Gasteiger partial charge on any atom is -0.508 e. The van der Waals surface area contributed by atoms with Gasteiger partial charge in [-0.1, -0.05) is 17.8 Å². The van der Waals surface area contributed by atoms with E-state index in [1.165, 1.54) is 11.8 Å². The first kappa shape index (κ1) is 18.8. The number of amides is 1. The van der Waals surface area contributed by atoms with E-state index in [4.69, 9.17) is 5.73 Å². The normalized spacial score (nSPS) is 12.0. The predicted molar refractivity (Wildman–Crippen MR) is 108 cm³/mol. The highest BCUT2D eigenvalue weighted by Gasteiger charge is 2.20. The van der Waals surface area contributed by atoms with Gasteiger partial charge in [-0.2, -0.15) is 0 Å². The van der Waals surface area contributed by atoms with Crippen LogP contribution < -0.4 is 11.1 Å². The Morgan fingerprint density at radius 2 is 1.93 bits per heavy atom. The maximum Gasteiger partial charge on any atom is 0.237 e. The number of thioether (sulfide) groups is 1. The number of nitrogen functional groups attached to an aromatic ring is 1. The molecule has 1 amide bonds. The third-order valence-corrected chi connectivity index (χ3v) is 5.27. The summed E-state index contributed by atoms with van der Waals surface area (Å²) >= 11 is 1.32. The van der Waals surface area contributed by atoms with E-state index in [-0.39, 0.29) is 16.9 Å². The number of aromatic nitrogens is 3. The number of nitrogens with one attached hydrogen (secondary N) is 1. The fourth-order valence-electron chi connectivity index (χ4n) is 2.50. The van der Waals surface area contributed by atoms with Crippen LogP contribution in [0.15, 0.2) is 47.6 Å². The molecule has 7 nitrogen and oxygen atoms in total. The van der Waals surface area contributed by atoms with Crippen molar-refractivity contribution >= 4 is 29.0 Å². The standard InChI is InChI=1S/C19H21N5O2S/c1-11-4-7-14(20)10-16(11)21-18(26)12(2)27-19-23-22-17(24(19)3)13-5-8-15(25)9-6-13/h4-10,12,25H,20H2,1-3H3,(H,21,26)/t12-/m1/s1. The third-order valence-electron chi connectivity index (χ3n) is 4.13. The molecule has 0 unspecified atom stereocenters. The number of hydrogen-bond donors (Lipinski definition) is 3. The zero-order valence-corrected chi connectivity index (χ0v) is 16.1. The topological polar surface area (TPSA) is 106 Å². The van der Waals surface area contributed by atoms with Gasteiger partial charge in [0.05, 0.1) is 5.25 Å². The SMILES string of the molecule is Cc1ccc(N)cc1NC(=O)[C@@H](C)Sc1nnc(-c2ccc(O)cc2)n1C. The van der Waals surface area contributed by atoms with Gasteiger partial charge in [-0.3, -0.25) is 4.79 Å². The second-order valence-electron chi connectivity index (χ2n) is 6.24. The molecular formula is C19H21N5O2S. The summed E-state index contributed by atoms with van der Waals surface area (Å²) in [6.07, 6.45) is 0. The van der Waals surface area contributed by atoms with Crippen molar-refractivity contribution in [2.75, 3.05) is 11.1 Å². The van der Waals surface area contributed by atoms with E-state index in [2.05, 4.69) is 15.5 Å². The molecule has 0 spiro atoms. The summed E-state index contributed by atoms with van der Waals surface area (Å²) < 4.78 is 1.83. The van der Waals surface area contributed by atoms with Crippen molar-refractivity contribution in [3.05, 3.63) is 48.0 Å². The van der Waals surface area contributed by atoms with Crippen molar-refractivity contribution in [3.8, 4) is 17.1 Å². The summed E-state index contributed by atoms with van der Waals surface area (Å²) in [7, 11) is 1.84. The summed E-state index contributed by atoms with van der Waals surface area (Å²) in [5.74, 6) is 0.720. The van der Waals surface area contributed by atoms with Gasteiger partial charge in [-0.25, -0.2) is 0 Å². The van der Waals surface area contributed by atoms with Crippen molar-refractivity contribution in [2.45, 2.75) is 24.3 Å². The molecular weight excluding hydrogens is 362 g/mol. The van der Waals surface area contributed by atoms with Crippen LogP contribution in [-0.4, -0.2) is 31.0 Å². The first-order chi connectivity index (χ1) is 12.8. The van der Waals surface area contributed by atoms with Gasteiger partial charge in [0, 0.05) is 24.0 Å². The summed E-state index contributed by atoms with van der Waals surface area (Å²) in [5, 5.41) is 21.0. The first-order valence-corrected chi connectivity index (χ1v) is 9.25. The lowest BCUT2D eigenvalue weighted by Crippen LogP contribution is -2.23. The van der Waals surface area contributed by atoms with Crippen molar-refractivity contribution in [3.63, 3.8) is 0 Å². The predicted octanol–water partition coefficient (Wildman–Crippen LogP) is 3.20. The van der Waals surface area contributed by atoms with Gasteiger partial charge in [0.25, 0.3) is 0 Å². The number of benzene rings is 2. The first-order valence-electron chi connectivity index (χ1n) is 8.37. The third kappa shape index (κ3) is 4.22. The Morgan fingerprint density at radius 3 is 2.63 bits per heavy atom. The molecule has 8 heteroatoms. The Labute approximate surface area is 161 Å². The molecule has 0 aliphatic rings. The van der Waals surface area contributed by atoms with E-state index in [9.17, 15) is 9.90 Å². The molecule has 3 aromatic rings. The highest BCUT2D eigenvalue weighted by atomic mass is 32.2. The highest BCUT2D eigenvalue weighted by Crippen LogP contribution is 2.27. The Kier molecular flexibility index (Phi) is 5.36. The van der Waals surface area contributed by atoms with Gasteiger partial charge in [0.1, 0.15) is 5.75 Å². The molecule has 0 saturated carbocycles. The Balaban J connectivity index is 1.72. The molecule has 4 N–H and O–H groups in total. The molecule has 1 heterocycles. The molecule has 0 saturated heterocycles. The number of phenols is 1. The van der Waals surface area contributed by atoms with Crippen LogP contribution in [-0.2, 0) is 11.8 Å². The van der Waals surface area contributed by atoms with Gasteiger partial charge >= 0.3 is 0 Å². The molecule has 0 radical (unpaired) electrons. The minimum absolute atomic E-state index is 0.136. The Hall–Kier alpha value is -3.00. The summed E-state index contributed by atoms with van der Waals surface area (Å²) in [4.78, 5) is 12.5. The number of aromatic hydroxyl groups is 1. The number of anilines is 2. The lowest BCUT2D eigenvalue weighted by Gasteiger charge is -2.13. The number of carbonyl (C=O) groups is 1. The number of carbonyl (C=O) groups excluding carboxylic acids is 1. The molecule has 27 heavy (non-hydrogen) atoms. The van der Waals surface area contributed by atoms with Gasteiger partial charge < -0.3 is 20.7 Å². The molecule has 3 rings (SSSR count). The van der Waals surface area contributed by atoms with Crippen LogP contribution >= 0.6 is 11.8 Å². The fourth-order valence-corrected chi connectivity index (χ4v) is 3.31. The monoisotopic (exact) mass is 383 g/mol. The second-order valence-corrected chi connectivity index (χ2v) is 7.54. The molecule has 0 fully saturated rings. The number of hydrogen-bond acceptors (Lipinski definition) is 6. The molecule has 2 aromatic carbocycles. The summed E-state index contributed by atoms with van der Waals surface area (Å²) in [5.41, 5.74) is 8.88. The molecule has 1 aromatic heterocycles. The van der Waals surface area contributed by atoms with Crippen molar-refractivity contribution < 1.29 is 9.90 Å². The van der Waals surface area contributed by atoms with E-state index in [0.717, 1.165) is 11.1 Å². The number of nitrogens with two attached hydrogens (primary N) is 1. The van der Waals surface area contributed by atoms with Crippen molar-refractivity contribution in [1.29, 1.82) is 0 Å². The smallest absolute Gasteiger partial charge is 0.237 e. The molecule has 0 aliphatic carbocycles. The molecule has 140 valence electrons. The van der Waals surface area contributed by atoms with E-state index < -0.39 is 0 Å². The molecule has 1 atom stereocenters. The average Bonchev–Trinajstić information content (AvgIpc) is 2.99. The van der Waals surface area contributed by atoms with Gasteiger partial charge in [-0.05, 0) is 55.8 Å². The zero-order valence-electron chi connectivity index (χ0n) is 15.3. The van der Waals surface area contributed by atoms with Crippen LogP contribution in [0.5, 0.6) is 5.75 Å². The largest absolute Gasteiger partial charge is 0.508 e. The van der Waals surface area contributed by atoms with Gasteiger partial charge in [0.15, 0.2) is 11.0 Å². The minimum atomic E-state index is -0.374. The maximum atomic E-state index is 12.5.